The van der Waals surface area contributed by atoms with Crippen molar-refractivity contribution in [2.45, 2.75) is 26.9 Å². The van der Waals surface area contributed by atoms with E-state index in [9.17, 15) is 0 Å². The third kappa shape index (κ3) is 4.06. The molecule has 0 aliphatic heterocycles. The first-order valence-corrected chi connectivity index (χ1v) is 11.3. The molecule has 0 N–H and O–H groups in total. The van der Waals surface area contributed by atoms with Crippen LogP contribution >= 0.6 is 0 Å². The lowest BCUT2D eigenvalue weighted by Gasteiger charge is -2.13. The van der Waals surface area contributed by atoms with Crippen molar-refractivity contribution in [2.75, 3.05) is 0 Å². The zero-order valence-corrected chi connectivity index (χ0v) is 16.3. The molecule has 128 valence electrons. The van der Waals surface area contributed by atoms with Gasteiger partial charge in [-0.1, -0.05) is 42.5 Å². The third-order valence-electron chi connectivity index (χ3n) is 3.85. The van der Waals surface area contributed by atoms with Gasteiger partial charge in [0.05, 0.1) is 5.69 Å². The van der Waals surface area contributed by atoms with E-state index >= 15 is 0 Å². The van der Waals surface area contributed by atoms with Crippen LogP contribution in [-0.2, 0) is 0 Å². The van der Waals surface area contributed by atoms with E-state index in [1.165, 1.54) is 0 Å². The highest BCUT2D eigenvalue weighted by molar-refractivity contribution is 6.49. The predicted molar refractivity (Wildman–Crippen MR) is 106 cm³/mol. The monoisotopic (exact) mass is 349 g/mol. The van der Waals surface area contributed by atoms with Gasteiger partial charge in [0, 0.05) is 11.8 Å². The Labute approximate surface area is 150 Å². The molecule has 0 radical (unpaired) electrons. The highest BCUT2D eigenvalue weighted by atomic mass is 28.3. The summed E-state index contributed by atoms with van der Waals surface area (Å²) in [6.45, 7) is 8.37. The summed E-state index contributed by atoms with van der Waals surface area (Å²) in [5, 5.41) is 4.63. The highest BCUT2D eigenvalue weighted by Gasteiger charge is 2.12. The first kappa shape index (κ1) is 17.2. The molecule has 0 aliphatic carbocycles. The molecule has 0 spiro atoms. The lowest BCUT2D eigenvalue weighted by molar-refractivity contribution is 0.582. The molecule has 0 aliphatic rings. The maximum absolute atomic E-state index is 6.05. The maximum atomic E-state index is 6.05. The molecule has 0 amide bonds. The van der Waals surface area contributed by atoms with E-state index in [-0.39, 0.29) is 0 Å². The summed E-state index contributed by atoms with van der Waals surface area (Å²) in [7, 11) is -1.21. The Balaban J connectivity index is 2.14. The van der Waals surface area contributed by atoms with E-state index in [2.05, 4.69) is 25.1 Å². The average molecular weight is 350 g/mol. The molecule has 0 bridgehead atoms. The van der Waals surface area contributed by atoms with Crippen LogP contribution in [0.1, 0.15) is 16.8 Å². The minimum atomic E-state index is -1.21. The van der Waals surface area contributed by atoms with Gasteiger partial charge in [-0.3, -0.25) is 0 Å². The molecule has 3 rings (SSSR count). The third-order valence-corrected chi connectivity index (χ3v) is 4.57. The van der Waals surface area contributed by atoms with Crippen LogP contribution in [0.4, 0.5) is 5.69 Å². The first-order valence-electron chi connectivity index (χ1n) is 8.47. The van der Waals surface area contributed by atoms with Crippen LogP contribution in [0.3, 0.4) is 0 Å². The fraction of sp³-hybridized carbons (Fsp3) is 0.200. The van der Waals surface area contributed by atoms with Crippen molar-refractivity contribution in [1.82, 2.24) is 9.78 Å². The Hall–Kier alpha value is -2.66. The Morgan fingerprint density at radius 1 is 1.00 bits per heavy atom. The number of para-hydroxylation sites is 2. The van der Waals surface area contributed by atoms with Gasteiger partial charge in [-0.15, -0.1) is 0 Å². The van der Waals surface area contributed by atoms with Gasteiger partial charge >= 0.3 is 0 Å². The van der Waals surface area contributed by atoms with Crippen molar-refractivity contribution < 1.29 is 4.43 Å². The standard InChI is InChI=1S/C20H23N3OSi/c1-15-14-23(22-16(15)2)20(17-10-6-5-7-11-17)21-18-12-8-9-13-19(18)24-25(3)4/h5-14,25H,1-4H3. The molecule has 2 aromatic carbocycles. The fourth-order valence-electron chi connectivity index (χ4n) is 2.51. The molecule has 1 heterocycles. The van der Waals surface area contributed by atoms with Gasteiger partial charge in [-0.25, -0.2) is 9.67 Å². The van der Waals surface area contributed by atoms with Crippen LogP contribution < -0.4 is 4.43 Å². The van der Waals surface area contributed by atoms with Gasteiger partial charge in [0.1, 0.15) is 11.4 Å². The minimum Gasteiger partial charge on any atom is -0.546 e. The summed E-state index contributed by atoms with van der Waals surface area (Å²) in [4.78, 5) is 4.92. The van der Waals surface area contributed by atoms with E-state index < -0.39 is 9.04 Å². The number of aryl methyl sites for hydroxylation is 2. The molecule has 1 aromatic heterocycles. The number of nitrogens with zero attached hydrogens (tertiary/aromatic N) is 3. The molecule has 0 fully saturated rings. The zero-order valence-electron chi connectivity index (χ0n) is 15.1. The second kappa shape index (κ2) is 7.48. The van der Waals surface area contributed by atoms with Crippen LogP contribution in [0.2, 0.25) is 13.1 Å². The zero-order chi connectivity index (χ0) is 17.8. The lowest BCUT2D eigenvalue weighted by atomic mass is 10.2. The van der Waals surface area contributed by atoms with E-state index in [0.717, 1.165) is 34.1 Å². The van der Waals surface area contributed by atoms with Crippen molar-refractivity contribution in [3.63, 3.8) is 0 Å². The Morgan fingerprint density at radius 3 is 2.32 bits per heavy atom. The maximum Gasteiger partial charge on any atom is 0.229 e. The molecule has 25 heavy (non-hydrogen) atoms. The van der Waals surface area contributed by atoms with Gasteiger partial charge in [-0.05, 0) is 44.6 Å². The molecule has 0 atom stereocenters. The SMILES string of the molecule is Cc1cn(C(=Nc2ccccc2O[SiH](C)C)c2ccccc2)nc1C. The molecule has 3 aromatic rings. The molecular formula is C20H23N3OSi. The van der Waals surface area contributed by atoms with Gasteiger partial charge in [-0.2, -0.15) is 5.10 Å². The molecule has 0 unspecified atom stereocenters. The Kier molecular flexibility index (Phi) is 5.14. The number of hydrogen-bond donors (Lipinski definition) is 0. The van der Waals surface area contributed by atoms with Crippen LogP contribution in [0.25, 0.3) is 0 Å². The molecular weight excluding hydrogens is 326 g/mol. The number of rotatable bonds is 4. The van der Waals surface area contributed by atoms with E-state index in [1.807, 2.05) is 72.4 Å². The summed E-state index contributed by atoms with van der Waals surface area (Å²) in [6, 6.07) is 18.0. The number of hydrogen-bond acceptors (Lipinski definition) is 3. The van der Waals surface area contributed by atoms with Crippen LogP contribution in [0.5, 0.6) is 5.75 Å². The number of aliphatic imine (C=N–C) groups is 1. The number of aromatic nitrogens is 2. The normalized spacial score (nSPS) is 11.8. The minimum absolute atomic E-state index is 0.790. The van der Waals surface area contributed by atoms with E-state index in [0.29, 0.717) is 0 Å². The van der Waals surface area contributed by atoms with Gasteiger partial charge < -0.3 is 4.43 Å². The van der Waals surface area contributed by atoms with E-state index in [4.69, 9.17) is 9.42 Å². The second-order valence-corrected chi connectivity index (χ2v) is 8.61. The molecule has 0 saturated heterocycles. The van der Waals surface area contributed by atoms with Gasteiger partial charge in [0.25, 0.3) is 0 Å². The largest absolute Gasteiger partial charge is 0.546 e. The molecule has 5 heteroatoms. The quantitative estimate of drug-likeness (QED) is 0.395. The summed E-state index contributed by atoms with van der Waals surface area (Å²) >= 11 is 0. The summed E-state index contributed by atoms with van der Waals surface area (Å²) in [6.07, 6.45) is 2.02. The van der Waals surface area contributed by atoms with Crippen LogP contribution in [0, 0.1) is 13.8 Å². The second-order valence-electron chi connectivity index (χ2n) is 6.28. The summed E-state index contributed by atoms with van der Waals surface area (Å²) in [5.41, 5.74) is 3.99. The highest BCUT2D eigenvalue weighted by Crippen LogP contribution is 2.28. The van der Waals surface area contributed by atoms with Gasteiger partial charge in [0.15, 0.2) is 5.84 Å². The molecule has 4 nitrogen and oxygen atoms in total. The fourth-order valence-corrected chi connectivity index (χ4v) is 3.21. The summed E-state index contributed by atoms with van der Waals surface area (Å²) in [5.74, 6) is 1.62. The summed E-state index contributed by atoms with van der Waals surface area (Å²) < 4.78 is 7.90. The van der Waals surface area contributed by atoms with Crippen molar-refractivity contribution in [2.24, 2.45) is 4.99 Å². The van der Waals surface area contributed by atoms with Crippen molar-refractivity contribution in [3.8, 4) is 5.75 Å². The van der Waals surface area contributed by atoms with Crippen molar-refractivity contribution >= 4 is 20.6 Å². The number of benzene rings is 2. The Morgan fingerprint density at radius 2 is 1.68 bits per heavy atom. The van der Waals surface area contributed by atoms with Gasteiger partial charge in [0.2, 0.25) is 9.04 Å². The van der Waals surface area contributed by atoms with E-state index in [1.54, 1.807) is 0 Å². The van der Waals surface area contributed by atoms with Crippen LogP contribution in [0.15, 0.2) is 65.8 Å². The lowest BCUT2D eigenvalue weighted by Crippen LogP contribution is -2.15. The molecule has 0 saturated carbocycles. The van der Waals surface area contributed by atoms with Crippen molar-refractivity contribution in [1.29, 1.82) is 0 Å². The smallest absolute Gasteiger partial charge is 0.229 e. The van der Waals surface area contributed by atoms with Crippen LogP contribution in [-0.4, -0.2) is 24.7 Å². The Bertz CT molecular complexity index is 865. The van der Waals surface area contributed by atoms with Crippen molar-refractivity contribution in [3.05, 3.63) is 77.6 Å². The topological polar surface area (TPSA) is 39.4 Å². The first-order chi connectivity index (χ1) is 12.0. The predicted octanol–water partition coefficient (Wildman–Crippen LogP) is 4.49. The average Bonchev–Trinajstić information content (AvgIpc) is 2.93.